The standard InChI is InChI=1S/C14H21N5OS/c1-10-16-11(2)19(17-10)8-13-7-18(4-5-20-13)9-14-6-15-12(3)21-14/h6,13H,4-5,7-9H2,1-3H3. The molecule has 0 radical (unpaired) electrons. The van der Waals surface area contributed by atoms with Crippen LogP contribution in [0.25, 0.3) is 0 Å². The van der Waals surface area contributed by atoms with Crippen LogP contribution in [0.1, 0.15) is 21.5 Å². The Morgan fingerprint density at radius 2 is 2.24 bits per heavy atom. The van der Waals surface area contributed by atoms with E-state index in [2.05, 4.69) is 20.0 Å². The molecule has 3 heterocycles. The van der Waals surface area contributed by atoms with Crippen LogP contribution < -0.4 is 0 Å². The van der Waals surface area contributed by atoms with E-state index in [4.69, 9.17) is 4.74 Å². The Balaban J connectivity index is 1.59. The summed E-state index contributed by atoms with van der Waals surface area (Å²) >= 11 is 1.77. The molecule has 1 aliphatic rings. The van der Waals surface area contributed by atoms with Crippen LogP contribution in [-0.2, 0) is 17.8 Å². The average Bonchev–Trinajstić information content (AvgIpc) is 2.96. The molecule has 1 saturated heterocycles. The summed E-state index contributed by atoms with van der Waals surface area (Å²) in [6, 6.07) is 0. The second kappa shape index (κ2) is 6.21. The van der Waals surface area contributed by atoms with Gasteiger partial charge in [-0.05, 0) is 20.8 Å². The number of morpholine rings is 1. The third-order valence-electron chi connectivity index (χ3n) is 3.61. The highest BCUT2D eigenvalue weighted by molar-refractivity contribution is 7.11. The molecule has 1 atom stereocenters. The number of hydrogen-bond acceptors (Lipinski definition) is 6. The van der Waals surface area contributed by atoms with Crippen molar-refractivity contribution in [2.24, 2.45) is 0 Å². The lowest BCUT2D eigenvalue weighted by molar-refractivity contribution is -0.0402. The minimum absolute atomic E-state index is 0.174. The van der Waals surface area contributed by atoms with Gasteiger partial charge in [0.05, 0.1) is 24.3 Å². The van der Waals surface area contributed by atoms with Gasteiger partial charge in [0.1, 0.15) is 11.6 Å². The Hall–Kier alpha value is -1.31. The molecule has 3 rings (SSSR count). The van der Waals surface area contributed by atoms with Gasteiger partial charge < -0.3 is 4.74 Å². The van der Waals surface area contributed by atoms with E-state index in [0.717, 1.165) is 49.4 Å². The molecule has 1 aliphatic heterocycles. The summed E-state index contributed by atoms with van der Waals surface area (Å²) in [7, 11) is 0. The van der Waals surface area contributed by atoms with Crippen molar-refractivity contribution in [3.05, 3.63) is 27.7 Å². The summed E-state index contributed by atoms with van der Waals surface area (Å²) in [6.07, 6.45) is 2.16. The van der Waals surface area contributed by atoms with Gasteiger partial charge in [0.2, 0.25) is 0 Å². The van der Waals surface area contributed by atoms with Crippen LogP contribution in [0.15, 0.2) is 6.20 Å². The molecule has 0 spiro atoms. The van der Waals surface area contributed by atoms with Gasteiger partial charge in [-0.1, -0.05) is 0 Å². The van der Waals surface area contributed by atoms with E-state index in [0.29, 0.717) is 0 Å². The predicted octanol–water partition coefficient (Wildman–Crippen LogP) is 1.56. The molecule has 114 valence electrons. The highest BCUT2D eigenvalue weighted by Crippen LogP contribution is 2.17. The van der Waals surface area contributed by atoms with Crippen molar-refractivity contribution in [2.75, 3.05) is 19.7 Å². The van der Waals surface area contributed by atoms with Crippen molar-refractivity contribution in [3.8, 4) is 0 Å². The molecule has 0 aliphatic carbocycles. The van der Waals surface area contributed by atoms with E-state index in [-0.39, 0.29) is 6.10 Å². The maximum absolute atomic E-state index is 5.88. The van der Waals surface area contributed by atoms with E-state index in [9.17, 15) is 0 Å². The Bertz CT molecular complexity index is 608. The van der Waals surface area contributed by atoms with Crippen LogP contribution in [0.2, 0.25) is 0 Å². The third-order valence-corrected chi connectivity index (χ3v) is 4.51. The highest BCUT2D eigenvalue weighted by Gasteiger charge is 2.22. The fourth-order valence-corrected chi connectivity index (χ4v) is 3.50. The number of thiazole rings is 1. The Labute approximate surface area is 128 Å². The number of hydrogen-bond donors (Lipinski definition) is 0. The lowest BCUT2D eigenvalue weighted by atomic mass is 10.2. The van der Waals surface area contributed by atoms with Gasteiger partial charge in [0.25, 0.3) is 0 Å². The largest absolute Gasteiger partial charge is 0.374 e. The zero-order valence-electron chi connectivity index (χ0n) is 12.7. The van der Waals surface area contributed by atoms with Crippen molar-refractivity contribution in [2.45, 2.75) is 40.0 Å². The quantitative estimate of drug-likeness (QED) is 0.858. The van der Waals surface area contributed by atoms with Gasteiger partial charge in [-0.2, -0.15) is 5.10 Å². The fraction of sp³-hybridized carbons (Fsp3) is 0.643. The van der Waals surface area contributed by atoms with Gasteiger partial charge in [-0.3, -0.25) is 4.90 Å². The monoisotopic (exact) mass is 307 g/mol. The number of rotatable bonds is 4. The van der Waals surface area contributed by atoms with Crippen LogP contribution in [0.3, 0.4) is 0 Å². The second-order valence-corrected chi connectivity index (χ2v) is 6.78. The molecule has 1 unspecified atom stereocenters. The summed E-state index contributed by atoms with van der Waals surface area (Å²) in [5, 5.41) is 5.54. The van der Waals surface area contributed by atoms with Crippen molar-refractivity contribution in [3.63, 3.8) is 0 Å². The molecule has 0 amide bonds. The van der Waals surface area contributed by atoms with Crippen molar-refractivity contribution in [1.82, 2.24) is 24.6 Å². The Morgan fingerprint density at radius 1 is 1.38 bits per heavy atom. The van der Waals surface area contributed by atoms with E-state index in [1.54, 1.807) is 11.3 Å². The number of nitrogens with zero attached hydrogens (tertiary/aromatic N) is 5. The predicted molar refractivity (Wildman–Crippen MR) is 81.4 cm³/mol. The first kappa shape index (κ1) is 14.6. The highest BCUT2D eigenvalue weighted by atomic mass is 32.1. The number of aromatic nitrogens is 4. The van der Waals surface area contributed by atoms with Crippen LogP contribution in [-0.4, -0.2) is 50.4 Å². The average molecular weight is 307 g/mol. The molecular formula is C14H21N5OS. The smallest absolute Gasteiger partial charge is 0.147 e. The first-order valence-electron chi connectivity index (χ1n) is 7.23. The van der Waals surface area contributed by atoms with E-state index >= 15 is 0 Å². The van der Waals surface area contributed by atoms with Crippen LogP contribution in [0.5, 0.6) is 0 Å². The second-order valence-electron chi connectivity index (χ2n) is 5.46. The molecule has 2 aromatic rings. The normalized spacial score (nSPS) is 20.0. The number of ether oxygens (including phenoxy) is 1. The topological polar surface area (TPSA) is 56.1 Å². The van der Waals surface area contributed by atoms with Gasteiger partial charge in [-0.15, -0.1) is 11.3 Å². The van der Waals surface area contributed by atoms with Crippen molar-refractivity contribution >= 4 is 11.3 Å². The number of aryl methyl sites for hydroxylation is 3. The van der Waals surface area contributed by atoms with E-state index in [1.807, 2.05) is 31.6 Å². The molecule has 21 heavy (non-hydrogen) atoms. The van der Waals surface area contributed by atoms with Gasteiger partial charge in [0.15, 0.2) is 0 Å². The van der Waals surface area contributed by atoms with E-state index < -0.39 is 0 Å². The maximum Gasteiger partial charge on any atom is 0.147 e. The fourth-order valence-electron chi connectivity index (χ4n) is 2.66. The van der Waals surface area contributed by atoms with Crippen LogP contribution >= 0.6 is 11.3 Å². The first-order chi connectivity index (χ1) is 10.1. The molecule has 0 saturated carbocycles. The lowest BCUT2D eigenvalue weighted by Crippen LogP contribution is -2.43. The zero-order valence-corrected chi connectivity index (χ0v) is 13.6. The van der Waals surface area contributed by atoms with Crippen LogP contribution in [0.4, 0.5) is 0 Å². The summed E-state index contributed by atoms with van der Waals surface area (Å²) in [5.41, 5.74) is 0. The lowest BCUT2D eigenvalue weighted by Gasteiger charge is -2.32. The molecule has 2 aromatic heterocycles. The van der Waals surface area contributed by atoms with Crippen molar-refractivity contribution < 1.29 is 4.74 Å². The van der Waals surface area contributed by atoms with Gasteiger partial charge in [-0.25, -0.2) is 14.6 Å². The maximum atomic E-state index is 5.88. The molecule has 6 nitrogen and oxygen atoms in total. The summed E-state index contributed by atoms with van der Waals surface area (Å²) in [4.78, 5) is 12.4. The summed E-state index contributed by atoms with van der Waals surface area (Å²) in [5.74, 6) is 1.77. The molecule has 0 N–H and O–H groups in total. The molecule has 7 heteroatoms. The first-order valence-corrected chi connectivity index (χ1v) is 8.05. The SMILES string of the molecule is Cc1nc(C)n(CC2CN(Cc3cnc(C)s3)CCO2)n1. The molecular weight excluding hydrogens is 286 g/mol. The van der Waals surface area contributed by atoms with Gasteiger partial charge in [0, 0.05) is 30.7 Å². The minimum atomic E-state index is 0.174. The zero-order chi connectivity index (χ0) is 14.8. The third kappa shape index (κ3) is 3.66. The summed E-state index contributed by atoms with van der Waals surface area (Å²) in [6.45, 7) is 10.4. The molecule has 0 bridgehead atoms. The minimum Gasteiger partial charge on any atom is -0.374 e. The molecule has 1 fully saturated rings. The van der Waals surface area contributed by atoms with Crippen LogP contribution in [0, 0.1) is 20.8 Å². The Morgan fingerprint density at radius 3 is 2.90 bits per heavy atom. The Kier molecular flexibility index (Phi) is 4.32. The van der Waals surface area contributed by atoms with E-state index in [1.165, 1.54) is 4.88 Å². The summed E-state index contributed by atoms with van der Waals surface area (Å²) < 4.78 is 7.82. The van der Waals surface area contributed by atoms with Gasteiger partial charge >= 0.3 is 0 Å². The molecule has 0 aromatic carbocycles. The van der Waals surface area contributed by atoms with Crippen molar-refractivity contribution in [1.29, 1.82) is 0 Å².